The molecule has 2 heterocycles. The summed E-state index contributed by atoms with van der Waals surface area (Å²) in [6.45, 7) is 4.02. The van der Waals surface area contributed by atoms with Gasteiger partial charge in [0.25, 0.3) is 0 Å². The third-order valence-electron chi connectivity index (χ3n) is 3.65. The Kier molecular flexibility index (Phi) is 5.97. The number of hydrogen-bond donors (Lipinski definition) is 2. The van der Waals surface area contributed by atoms with Crippen LogP contribution in [-0.4, -0.2) is 50.2 Å². The highest BCUT2D eigenvalue weighted by Crippen LogP contribution is 2.23. The van der Waals surface area contributed by atoms with Gasteiger partial charge in [0.15, 0.2) is 0 Å². The molecule has 2 rings (SSSR count). The molecule has 3 N–H and O–H groups in total. The Morgan fingerprint density at radius 3 is 3.25 bits per heavy atom. The predicted molar refractivity (Wildman–Crippen MR) is 80.8 cm³/mol. The van der Waals surface area contributed by atoms with Gasteiger partial charge in [-0.25, -0.2) is 0 Å². The molecule has 6 heteroatoms. The predicted octanol–water partition coefficient (Wildman–Crippen LogP) is 0.586. The summed E-state index contributed by atoms with van der Waals surface area (Å²) in [5.41, 5.74) is 6.94. The number of nitrogens with one attached hydrogen (secondary N) is 1. The minimum Gasteiger partial charge on any atom is -0.380 e. The molecule has 1 aromatic heterocycles. The van der Waals surface area contributed by atoms with Gasteiger partial charge in [0.05, 0.1) is 12.5 Å². The first kappa shape index (κ1) is 15.4. The van der Waals surface area contributed by atoms with Crippen molar-refractivity contribution < 1.29 is 9.53 Å². The summed E-state index contributed by atoms with van der Waals surface area (Å²) in [5, 5.41) is 5.09. The van der Waals surface area contributed by atoms with Crippen molar-refractivity contribution in [2.75, 3.05) is 33.3 Å². The number of carbonyl (C=O) groups is 1. The Morgan fingerprint density at radius 2 is 2.50 bits per heavy atom. The normalized spacial score (nSPS) is 16.7. The van der Waals surface area contributed by atoms with E-state index < -0.39 is 0 Å². The Morgan fingerprint density at radius 1 is 1.65 bits per heavy atom. The highest BCUT2D eigenvalue weighted by molar-refractivity contribution is 7.10. The number of carbonyl (C=O) groups excluding carboxylic acids is 1. The van der Waals surface area contributed by atoms with E-state index in [1.807, 2.05) is 11.3 Å². The summed E-state index contributed by atoms with van der Waals surface area (Å²) in [4.78, 5) is 15.6. The second-order valence-electron chi connectivity index (χ2n) is 5.04. The number of methoxy groups -OCH3 is 1. The number of fused-ring (bicyclic) bond motifs is 1. The van der Waals surface area contributed by atoms with Gasteiger partial charge < -0.3 is 15.8 Å². The molecular formula is C14H23N3O2S. The van der Waals surface area contributed by atoms with Crippen LogP contribution in [0.1, 0.15) is 16.9 Å². The first-order chi connectivity index (χ1) is 9.72. The van der Waals surface area contributed by atoms with Crippen LogP contribution in [0.4, 0.5) is 0 Å². The SMILES string of the molecule is COC(CN)CC(=O)NCCN1CCc2sccc2C1. The van der Waals surface area contributed by atoms with Crippen molar-refractivity contribution in [1.82, 2.24) is 10.2 Å². The van der Waals surface area contributed by atoms with Crippen LogP contribution >= 0.6 is 11.3 Å². The maximum absolute atomic E-state index is 11.7. The number of amides is 1. The minimum absolute atomic E-state index is 0.00975. The monoisotopic (exact) mass is 297 g/mol. The largest absolute Gasteiger partial charge is 0.380 e. The summed E-state index contributed by atoms with van der Waals surface area (Å²) in [5.74, 6) is 0.00975. The highest BCUT2D eigenvalue weighted by Gasteiger charge is 2.17. The van der Waals surface area contributed by atoms with E-state index in [1.54, 1.807) is 7.11 Å². The molecule has 1 atom stereocenters. The van der Waals surface area contributed by atoms with Gasteiger partial charge in [-0.05, 0) is 23.4 Å². The van der Waals surface area contributed by atoms with Gasteiger partial charge in [-0.15, -0.1) is 11.3 Å². The molecule has 1 aliphatic heterocycles. The quantitative estimate of drug-likeness (QED) is 0.773. The molecule has 0 aliphatic carbocycles. The fourth-order valence-electron chi connectivity index (χ4n) is 2.39. The fourth-order valence-corrected chi connectivity index (χ4v) is 3.28. The van der Waals surface area contributed by atoms with Gasteiger partial charge in [-0.3, -0.25) is 9.69 Å². The lowest BCUT2D eigenvalue weighted by Crippen LogP contribution is -2.39. The molecule has 112 valence electrons. The van der Waals surface area contributed by atoms with E-state index in [-0.39, 0.29) is 12.0 Å². The lowest BCUT2D eigenvalue weighted by Gasteiger charge is -2.26. The van der Waals surface area contributed by atoms with E-state index in [9.17, 15) is 4.79 Å². The molecule has 0 saturated heterocycles. The molecule has 1 aromatic rings. The zero-order valence-corrected chi connectivity index (χ0v) is 12.7. The highest BCUT2D eigenvalue weighted by atomic mass is 32.1. The van der Waals surface area contributed by atoms with Gasteiger partial charge in [0.1, 0.15) is 0 Å². The van der Waals surface area contributed by atoms with Crippen LogP contribution < -0.4 is 11.1 Å². The fraction of sp³-hybridized carbons (Fsp3) is 0.643. The van der Waals surface area contributed by atoms with E-state index in [0.29, 0.717) is 19.5 Å². The first-order valence-electron chi connectivity index (χ1n) is 7.00. The van der Waals surface area contributed by atoms with Crippen molar-refractivity contribution in [3.8, 4) is 0 Å². The molecule has 0 aromatic carbocycles. The average Bonchev–Trinajstić information content (AvgIpc) is 2.92. The third kappa shape index (κ3) is 4.28. The van der Waals surface area contributed by atoms with Crippen molar-refractivity contribution in [2.24, 2.45) is 5.73 Å². The molecule has 0 bridgehead atoms. The molecule has 0 fully saturated rings. The molecule has 0 spiro atoms. The van der Waals surface area contributed by atoms with Crippen LogP contribution in [0.15, 0.2) is 11.4 Å². The van der Waals surface area contributed by atoms with Crippen LogP contribution in [-0.2, 0) is 22.5 Å². The summed E-state index contributed by atoms with van der Waals surface area (Å²) in [6, 6.07) is 2.20. The molecule has 0 radical (unpaired) electrons. The van der Waals surface area contributed by atoms with Crippen molar-refractivity contribution >= 4 is 17.2 Å². The smallest absolute Gasteiger partial charge is 0.222 e. The Balaban J connectivity index is 1.65. The van der Waals surface area contributed by atoms with Gasteiger partial charge in [0, 0.05) is 44.7 Å². The van der Waals surface area contributed by atoms with Crippen LogP contribution in [0.3, 0.4) is 0 Å². The van der Waals surface area contributed by atoms with Gasteiger partial charge in [0.2, 0.25) is 5.91 Å². The lowest BCUT2D eigenvalue weighted by atomic mass is 10.1. The summed E-state index contributed by atoms with van der Waals surface area (Å²) < 4.78 is 5.10. The second-order valence-corrected chi connectivity index (χ2v) is 6.04. The van der Waals surface area contributed by atoms with Gasteiger partial charge >= 0.3 is 0 Å². The molecular weight excluding hydrogens is 274 g/mol. The number of thiophene rings is 1. The number of ether oxygens (including phenoxy) is 1. The minimum atomic E-state index is -0.182. The van der Waals surface area contributed by atoms with Gasteiger partial charge in [-0.2, -0.15) is 0 Å². The summed E-state index contributed by atoms with van der Waals surface area (Å²) >= 11 is 1.85. The zero-order chi connectivity index (χ0) is 14.4. The third-order valence-corrected chi connectivity index (χ3v) is 4.67. The van der Waals surface area contributed by atoms with E-state index in [0.717, 1.165) is 26.1 Å². The van der Waals surface area contributed by atoms with Gasteiger partial charge in [-0.1, -0.05) is 0 Å². The molecule has 1 unspecified atom stereocenters. The number of nitrogens with zero attached hydrogens (tertiary/aromatic N) is 1. The van der Waals surface area contributed by atoms with E-state index in [2.05, 4.69) is 21.7 Å². The number of nitrogens with two attached hydrogens (primary N) is 1. The molecule has 0 saturated carbocycles. The Labute approximate surface area is 124 Å². The van der Waals surface area contributed by atoms with E-state index in [4.69, 9.17) is 10.5 Å². The summed E-state index contributed by atoms with van der Waals surface area (Å²) in [6.07, 6.45) is 1.28. The van der Waals surface area contributed by atoms with Crippen molar-refractivity contribution in [1.29, 1.82) is 0 Å². The number of hydrogen-bond acceptors (Lipinski definition) is 5. The van der Waals surface area contributed by atoms with Crippen molar-refractivity contribution in [3.05, 3.63) is 21.9 Å². The van der Waals surface area contributed by atoms with Crippen LogP contribution in [0.2, 0.25) is 0 Å². The molecule has 1 aliphatic rings. The van der Waals surface area contributed by atoms with E-state index in [1.165, 1.54) is 10.4 Å². The second kappa shape index (κ2) is 7.73. The maximum Gasteiger partial charge on any atom is 0.222 e. The van der Waals surface area contributed by atoms with E-state index >= 15 is 0 Å². The van der Waals surface area contributed by atoms with Crippen molar-refractivity contribution in [2.45, 2.75) is 25.5 Å². The molecule has 20 heavy (non-hydrogen) atoms. The maximum atomic E-state index is 11.7. The number of rotatable bonds is 7. The summed E-state index contributed by atoms with van der Waals surface area (Å²) in [7, 11) is 1.58. The Bertz CT molecular complexity index is 432. The van der Waals surface area contributed by atoms with Crippen LogP contribution in [0.25, 0.3) is 0 Å². The zero-order valence-electron chi connectivity index (χ0n) is 11.9. The first-order valence-corrected chi connectivity index (χ1v) is 7.88. The van der Waals surface area contributed by atoms with Crippen molar-refractivity contribution in [3.63, 3.8) is 0 Å². The molecule has 5 nitrogen and oxygen atoms in total. The standard InChI is InChI=1S/C14H23N3O2S/c1-19-12(9-15)8-14(18)16-4-6-17-5-2-13-11(10-17)3-7-20-13/h3,7,12H,2,4-6,8-10,15H2,1H3,(H,16,18). The topological polar surface area (TPSA) is 67.6 Å². The van der Waals surface area contributed by atoms with Crippen LogP contribution in [0.5, 0.6) is 0 Å². The molecule has 1 amide bonds. The average molecular weight is 297 g/mol. The Hall–Kier alpha value is -0.950. The van der Waals surface area contributed by atoms with Crippen LogP contribution in [0, 0.1) is 0 Å². The lowest BCUT2D eigenvalue weighted by molar-refractivity contribution is -0.123.